The SMILES string of the molecule is Cn1c(N(CCc2ccccn2)Cc2ccc(F)cc2)c(C#N)c(=O)n(C)c1=O. The number of benzene rings is 1. The quantitative estimate of drug-likeness (QED) is 0.637. The fourth-order valence-corrected chi connectivity index (χ4v) is 3.17. The molecular formula is C21H20FN5O2. The molecule has 1 aromatic carbocycles. The van der Waals surface area contributed by atoms with E-state index in [9.17, 15) is 19.2 Å². The average Bonchev–Trinajstić information content (AvgIpc) is 2.74. The highest BCUT2D eigenvalue weighted by molar-refractivity contribution is 5.54. The molecule has 7 nitrogen and oxygen atoms in total. The largest absolute Gasteiger partial charge is 0.352 e. The zero-order valence-corrected chi connectivity index (χ0v) is 16.2. The topological polar surface area (TPSA) is 83.9 Å². The van der Waals surface area contributed by atoms with Crippen LogP contribution in [0.15, 0.2) is 58.3 Å². The van der Waals surface area contributed by atoms with Gasteiger partial charge in [-0.2, -0.15) is 5.26 Å². The van der Waals surface area contributed by atoms with E-state index in [4.69, 9.17) is 0 Å². The van der Waals surface area contributed by atoms with Crippen LogP contribution in [0.2, 0.25) is 0 Å². The van der Waals surface area contributed by atoms with E-state index >= 15 is 0 Å². The summed E-state index contributed by atoms with van der Waals surface area (Å²) in [7, 11) is 2.86. The lowest BCUT2D eigenvalue weighted by Crippen LogP contribution is -2.43. The zero-order chi connectivity index (χ0) is 21.0. The Morgan fingerprint density at radius 2 is 1.83 bits per heavy atom. The lowest BCUT2D eigenvalue weighted by Gasteiger charge is -2.27. The first-order valence-electron chi connectivity index (χ1n) is 9.01. The van der Waals surface area contributed by atoms with E-state index in [2.05, 4.69) is 4.98 Å². The van der Waals surface area contributed by atoms with E-state index in [1.807, 2.05) is 24.3 Å². The third-order valence-corrected chi connectivity index (χ3v) is 4.70. The molecule has 29 heavy (non-hydrogen) atoms. The van der Waals surface area contributed by atoms with Crippen LogP contribution in [0.5, 0.6) is 0 Å². The third kappa shape index (κ3) is 4.24. The van der Waals surface area contributed by atoms with Crippen LogP contribution in [0.1, 0.15) is 16.8 Å². The van der Waals surface area contributed by atoms with Crippen LogP contribution in [0.3, 0.4) is 0 Å². The number of nitrogens with zero attached hydrogens (tertiary/aromatic N) is 5. The molecule has 0 bridgehead atoms. The number of rotatable bonds is 6. The van der Waals surface area contributed by atoms with Gasteiger partial charge in [0.1, 0.15) is 17.7 Å². The van der Waals surface area contributed by atoms with Crippen molar-refractivity contribution in [1.82, 2.24) is 14.1 Å². The zero-order valence-electron chi connectivity index (χ0n) is 16.2. The van der Waals surface area contributed by atoms with E-state index in [-0.39, 0.29) is 17.2 Å². The van der Waals surface area contributed by atoms with Crippen molar-refractivity contribution < 1.29 is 4.39 Å². The minimum atomic E-state index is -0.646. The van der Waals surface area contributed by atoms with Crippen molar-refractivity contribution in [3.8, 4) is 6.07 Å². The molecule has 0 aliphatic carbocycles. The highest BCUT2D eigenvalue weighted by atomic mass is 19.1. The van der Waals surface area contributed by atoms with Gasteiger partial charge in [0.2, 0.25) is 0 Å². The summed E-state index contributed by atoms with van der Waals surface area (Å²) in [5.74, 6) is -0.117. The molecule has 0 saturated carbocycles. The summed E-state index contributed by atoms with van der Waals surface area (Å²) in [4.78, 5) is 31.1. The van der Waals surface area contributed by atoms with Crippen LogP contribution in [0, 0.1) is 17.1 Å². The third-order valence-electron chi connectivity index (χ3n) is 4.70. The van der Waals surface area contributed by atoms with Crippen molar-refractivity contribution in [3.05, 3.63) is 92.1 Å². The summed E-state index contributed by atoms with van der Waals surface area (Å²) in [6, 6.07) is 13.5. The van der Waals surface area contributed by atoms with Crippen LogP contribution >= 0.6 is 0 Å². The maximum atomic E-state index is 13.3. The van der Waals surface area contributed by atoms with Crippen molar-refractivity contribution in [2.45, 2.75) is 13.0 Å². The minimum Gasteiger partial charge on any atom is -0.352 e. The highest BCUT2D eigenvalue weighted by Crippen LogP contribution is 2.19. The van der Waals surface area contributed by atoms with Crippen LogP contribution < -0.4 is 16.1 Å². The first-order chi connectivity index (χ1) is 13.9. The summed E-state index contributed by atoms with van der Waals surface area (Å²) < 4.78 is 15.5. The average molecular weight is 393 g/mol. The number of aromatic nitrogens is 3. The number of pyridine rings is 1. The summed E-state index contributed by atoms with van der Waals surface area (Å²) in [6.45, 7) is 0.700. The summed E-state index contributed by atoms with van der Waals surface area (Å²) in [5, 5.41) is 9.61. The van der Waals surface area contributed by atoms with Crippen LogP contribution in [0.4, 0.5) is 10.2 Å². The number of anilines is 1. The fourth-order valence-electron chi connectivity index (χ4n) is 3.17. The number of hydrogen-bond acceptors (Lipinski definition) is 5. The predicted octanol–water partition coefficient (Wildman–Crippen LogP) is 1.74. The van der Waals surface area contributed by atoms with Gasteiger partial charge in [-0.25, -0.2) is 9.18 Å². The molecule has 0 atom stereocenters. The van der Waals surface area contributed by atoms with Gasteiger partial charge in [0, 0.05) is 45.5 Å². The second kappa shape index (κ2) is 8.52. The molecule has 0 aliphatic heterocycles. The predicted molar refractivity (Wildman–Crippen MR) is 107 cm³/mol. The van der Waals surface area contributed by atoms with Gasteiger partial charge in [-0.3, -0.25) is 18.9 Å². The second-order valence-corrected chi connectivity index (χ2v) is 6.64. The second-order valence-electron chi connectivity index (χ2n) is 6.64. The Bertz CT molecular complexity index is 1160. The molecular weight excluding hydrogens is 373 g/mol. The van der Waals surface area contributed by atoms with Crippen molar-refractivity contribution in [3.63, 3.8) is 0 Å². The molecule has 0 aliphatic rings. The summed E-state index contributed by atoms with van der Waals surface area (Å²) in [5.41, 5.74) is 0.338. The number of hydrogen-bond donors (Lipinski definition) is 0. The lowest BCUT2D eigenvalue weighted by molar-refractivity contribution is 0.625. The van der Waals surface area contributed by atoms with Crippen molar-refractivity contribution in [1.29, 1.82) is 5.26 Å². The molecule has 0 saturated heterocycles. The molecule has 0 amide bonds. The first kappa shape index (κ1) is 20.0. The van der Waals surface area contributed by atoms with E-state index < -0.39 is 11.2 Å². The van der Waals surface area contributed by atoms with Gasteiger partial charge in [0.25, 0.3) is 5.56 Å². The normalized spacial score (nSPS) is 10.6. The van der Waals surface area contributed by atoms with Crippen LogP contribution in [-0.2, 0) is 27.1 Å². The molecule has 148 valence electrons. The fraction of sp³-hybridized carbons (Fsp3) is 0.238. The Morgan fingerprint density at radius 1 is 1.10 bits per heavy atom. The molecule has 0 N–H and O–H groups in total. The van der Waals surface area contributed by atoms with Gasteiger partial charge in [0.15, 0.2) is 5.56 Å². The van der Waals surface area contributed by atoms with Crippen molar-refractivity contribution in [2.75, 3.05) is 11.4 Å². The lowest BCUT2D eigenvalue weighted by atomic mass is 10.1. The smallest absolute Gasteiger partial charge is 0.332 e. The molecule has 0 fully saturated rings. The Morgan fingerprint density at radius 3 is 2.45 bits per heavy atom. The maximum absolute atomic E-state index is 13.3. The summed E-state index contributed by atoms with van der Waals surface area (Å²) in [6.07, 6.45) is 2.23. The molecule has 0 radical (unpaired) electrons. The maximum Gasteiger partial charge on any atom is 0.332 e. The number of nitriles is 1. The Balaban J connectivity index is 2.07. The van der Waals surface area contributed by atoms with Gasteiger partial charge < -0.3 is 4.90 Å². The Hall–Kier alpha value is -3.73. The van der Waals surface area contributed by atoms with E-state index in [0.29, 0.717) is 19.5 Å². The molecule has 3 rings (SSSR count). The molecule has 0 spiro atoms. The van der Waals surface area contributed by atoms with Gasteiger partial charge >= 0.3 is 5.69 Å². The standard InChI is InChI=1S/C21H20FN5O2/c1-25-19(18(13-23)20(28)26(2)21(25)29)27(12-10-17-5-3-4-11-24-17)14-15-6-8-16(22)9-7-15/h3-9,11H,10,12,14H2,1-2H3. The molecule has 3 aromatic rings. The Labute approximate surface area is 166 Å². The molecule has 0 unspecified atom stereocenters. The van der Waals surface area contributed by atoms with Crippen LogP contribution in [0.25, 0.3) is 0 Å². The van der Waals surface area contributed by atoms with E-state index in [0.717, 1.165) is 15.8 Å². The first-order valence-corrected chi connectivity index (χ1v) is 9.01. The van der Waals surface area contributed by atoms with Gasteiger partial charge in [-0.1, -0.05) is 18.2 Å². The molecule has 8 heteroatoms. The monoisotopic (exact) mass is 393 g/mol. The number of halogens is 1. The molecule has 2 heterocycles. The van der Waals surface area contributed by atoms with E-state index in [1.165, 1.54) is 30.8 Å². The van der Waals surface area contributed by atoms with Crippen molar-refractivity contribution >= 4 is 5.82 Å². The van der Waals surface area contributed by atoms with Gasteiger partial charge in [-0.05, 0) is 29.8 Å². The minimum absolute atomic E-state index is 0.113. The Kier molecular flexibility index (Phi) is 5.88. The summed E-state index contributed by atoms with van der Waals surface area (Å²) >= 11 is 0. The van der Waals surface area contributed by atoms with E-state index in [1.54, 1.807) is 23.2 Å². The van der Waals surface area contributed by atoms with Crippen LogP contribution in [-0.4, -0.2) is 20.7 Å². The van der Waals surface area contributed by atoms with Gasteiger partial charge in [-0.15, -0.1) is 0 Å². The highest BCUT2D eigenvalue weighted by Gasteiger charge is 2.21. The van der Waals surface area contributed by atoms with Gasteiger partial charge in [0.05, 0.1) is 0 Å². The molecule has 2 aromatic heterocycles. The van der Waals surface area contributed by atoms with Crippen molar-refractivity contribution in [2.24, 2.45) is 14.1 Å².